The van der Waals surface area contributed by atoms with Crippen LogP contribution in [-0.4, -0.2) is 55.0 Å². The molecule has 1 aliphatic heterocycles. The van der Waals surface area contributed by atoms with Crippen molar-refractivity contribution in [2.24, 2.45) is 0 Å². The van der Waals surface area contributed by atoms with Gasteiger partial charge in [0.15, 0.2) is 6.10 Å². The van der Waals surface area contributed by atoms with E-state index in [0.29, 0.717) is 18.8 Å². The smallest absolute Gasteiger partial charge is 0.308 e. The van der Waals surface area contributed by atoms with E-state index in [1.54, 1.807) is 13.0 Å². The van der Waals surface area contributed by atoms with Gasteiger partial charge in [-0.2, -0.15) is 0 Å². The van der Waals surface area contributed by atoms with Crippen LogP contribution in [0.2, 0.25) is 0 Å². The number of hydrogen-bond acceptors (Lipinski definition) is 5. The SMILES string of the molecule is COC(=O)C[C@H]1C(=O)NCCN1C(=O)[C@@H](C)Oc1cccc(C)c1C. The van der Waals surface area contributed by atoms with Crippen LogP contribution in [0.3, 0.4) is 0 Å². The molecule has 2 atom stereocenters. The highest BCUT2D eigenvalue weighted by molar-refractivity contribution is 5.93. The maximum atomic E-state index is 12.8. The van der Waals surface area contributed by atoms with Gasteiger partial charge in [-0.3, -0.25) is 14.4 Å². The molecule has 25 heavy (non-hydrogen) atoms. The molecule has 0 aromatic heterocycles. The lowest BCUT2D eigenvalue weighted by molar-refractivity contribution is -0.153. The molecule has 0 saturated carbocycles. The zero-order valence-electron chi connectivity index (χ0n) is 15.0. The van der Waals surface area contributed by atoms with E-state index in [2.05, 4.69) is 10.1 Å². The fourth-order valence-corrected chi connectivity index (χ4v) is 2.75. The van der Waals surface area contributed by atoms with Crippen molar-refractivity contribution < 1.29 is 23.9 Å². The number of carbonyl (C=O) groups is 3. The molecule has 7 heteroatoms. The molecule has 136 valence electrons. The molecule has 2 rings (SSSR count). The van der Waals surface area contributed by atoms with Crippen LogP contribution in [0.5, 0.6) is 5.75 Å². The van der Waals surface area contributed by atoms with E-state index in [9.17, 15) is 14.4 Å². The van der Waals surface area contributed by atoms with Gasteiger partial charge in [-0.25, -0.2) is 0 Å². The lowest BCUT2D eigenvalue weighted by Crippen LogP contribution is -2.60. The largest absolute Gasteiger partial charge is 0.481 e. The molecule has 1 aromatic rings. The molecule has 1 N–H and O–H groups in total. The third kappa shape index (κ3) is 4.29. The maximum Gasteiger partial charge on any atom is 0.308 e. The van der Waals surface area contributed by atoms with Crippen molar-refractivity contribution in [3.63, 3.8) is 0 Å². The first-order valence-corrected chi connectivity index (χ1v) is 8.23. The van der Waals surface area contributed by atoms with Gasteiger partial charge in [0.2, 0.25) is 5.91 Å². The number of amides is 2. The van der Waals surface area contributed by atoms with E-state index in [1.165, 1.54) is 12.0 Å². The highest BCUT2D eigenvalue weighted by atomic mass is 16.5. The summed E-state index contributed by atoms with van der Waals surface area (Å²) in [6.07, 6.45) is -0.948. The van der Waals surface area contributed by atoms with Crippen LogP contribution >= 0.6 is 0 Å². The number of nitrogens with zero attached hydrogens (tertiary/aromatic N) is 1. The summed E-state index contributed by atoms with van der Waals surface area (Å²) in [7, 11) is 1.25. The number of esters is 1. The topological polar surface area (TPSA) is 84.9 Å². The summed E-state index contributed by atoms with van der Waals surface area (Å²) in [6.45, 7) is 6.21. The van der Waals surface area contributed by atoms with E-state index in [1.807, 2.05) is 26.0 Å². The van der Waals surface area contributed by atoms with Gasteiger partial charge in [-0.15, -0.1) is 0 Å². The number of piperazine rings is 1. The Morgan fingerprint density at radius 3 is 2.76 bits per heavy atom. The fraction of sp³-hybridized carbons (Fsp3) is 0.500. The molecular formula is C18H24N2O5. The molecule has 2 amide bonds. The third-order valence-corrected chi connectivity index (χ3v) is 4.41. The first-order valence-electron chi connectivity index (χ1n) is 8.23. The van der Waals surface area contributed by atoms with Gasteiger partial charge in [0, 0.05) is 13.1 Å². The normalized spacial score (nSPS) is 18.3. The molecule has 1 fully saturated rings. The van der Waals surface area contributed by atoms with Crippen molar-refractivity contribution >= 4 is 17.8 Å². The highest BCUT2D eigenvalue weighted by Gasteiger charge is 2.37. The van der Waals surface area contributed by atoms with Gasteiger partial charge in [0.25, 0.3) is 5.91 Å². The molecule has 1 aromatic carbocycles. The van der Waals surface area contributed by atoms with Crippen molar-refractivity contribution in [3.05, 3.63) is 29.3 Å². The highest BCUT2D eigenvalue weighted by Crippen LogP contribution is 2.23. The Morgan fingerprint density at radius 2 is 2.08 bits per heavy atom. The fourth-order valence-electron chi connectivity index (χ4n) is 2.75. The maximum absolute atomic E-state index is 12.8. The summed E-state index contributed by atoms with van der Waals surface area (Å²) >= 11 is 0. The average Bonchev–Trinajstić information content (AvgIpc) is 2.59. The summed E-state index contributed by atoms with van der Waals surface area (Å²) in [5, 5.41) is 2.67. The Labute approximate surface area is 147 Å². The summed E-state index contributed by atoms with van der Waals surface area (Å²) < 4.78 is 10.4. The van der Waals surface area contributed by atoms with E-state index in [4.69, 9.17) is 4.74 Å². The standard InChI is InChI=1S/C18H24N2O5/c1-11-6-5-7-15(12(11)2)25-13(3)18(23)20-9-8-19-17(22)14(20)10-16(21)24-4/h5-7,13-14H,8-10H2,1-4H3,(H,19,22)/t13-,14+/m1/s1. The Bertz CT molecular complexity index is 673. The minimum absolute atomic E-state index is 0.176. The van der Waals surface area contributed by atoms with Crippen molar-refractivity contribution in [2.45, 2.75) is 39.3 Å². The lowest BCUT2D eigenvalue weighted by Gasteiger charge is -2.36. The molecule has 0 aliphatic carbocycles. The van der Waals surface area contributed by atoms with Crippen LogP contribution in [0.25, 0.3) is 0 Å². The minimum atomic E-state index is -0.877. The Hall–Kier alpha value is -2.57. The second-order valence-electron chi connectivity index (χ2n) is 6.08. The lowest BCUT2D eigenvalue weighted by atomic mass is 10.1. The van der Waals surface area contributed by atoms with Crippen LogP contribution < -0.4 is 10.1 Å². The van der Waals surface area contributed by atoms with Crippen molar-refractivity contribution in [3.8, 4) is 5.75 Å². The average molecular weight is 348 g/mol. The van der Waals surface area contributed by atoms with Crippen molar-refractivity contribution in [1.29, 1.82) is 0 Å². The van der Waals surface area contributed by atoms with Gasteiger partial charge in [0.05, 0.1) is 13.5 Å². The Kier molecular flexibility index (Phi) is 6.01. The minimum Gasteiger partial charge on any atom is -0.481 e. The monoisotopic (exact) mass is 348 g/mol. The van der Waals surface area contributed by atoms with Crippen LogP contribution in [-0.2, 0) is 19.1 Å². The zero-order valence-corrected chi connectivity index (χ0v) is 15.0. The molecular weight excluding hydrogens is 324 g/mol. The van der Waals surface area contributed by atoms with E-state index in [0.717, 1.165) is 11.1 Å². The molecule has 0 bridgehead atoms. The zero-order chi connectivity index (χ0) is 18.6. The van der Waals surface area contributed by atoms with Gasteiger partial charge in [-0.1, -0.05) is 12.1 Å². The van der Waals surface area contributed by atoms with Crippen LogP contribution in [0.15, 0.2) is 18.2 Å². The van der Waals surface area contributed by atoms with Gasteiger partial charge in [-0.05, 0) is 38.0 Å². The number of ether oxygens (including phenoxy) is 2. The van der Waals surface area contributed by atoms with Gasteiger partial charge >= 0.3 is 5.97 Å². The second kappa shape index (κ2) is 8.00. The first kappa shape index (κ1) is 18.8. The third-order valence-electron chi connectivity index (χ3n) is 4.41. The number of rotatable bonds is 5. The van der Waals surface area contributed by atoms with Crippen molar-refractivity contribution in [1.82, 2.24) is 10.2 Å². The summed E-state index contributed by atoms with van der Waals surface area (Å²) in [4.78, 5) is 37.8. The van der Waals surface area contributed by atoms with E-state index in [-0.39, 0.29) is 18.2 Å². The molecule has 0 spiro atoms. The second-order valence-corrected chi connectivity index (χ2v) is 6.08. The number of carbonyl (C=O) groups excluding carboxylic acids is 3. The van der Waals surface area contributed by atoms with Crippen molar-refractivity contribution in [2.75, 3.05) is 20.2 Å². The summed E-state index contributed by atoms with van der Waals surface area (Å²) in [5.41, 5.74) is 2.03. The quantitative estimate of drug-likeness (QED) is 0.801. The molecule has 7 nitrogen and oxygen atoms in total. The number of aryl methyl sites for hydroxylation is 1. The van der Waals surface area contributed by atoms with Crippen LogP contribution in [0.4, 0.5) is 0 Å². The molecule has 1 heterocycles. The summed E-state index contributed by atoms with van der Waals surface area (Å²) in [6, 6.07) is 4.76. The number of benzene rings is 1. The molecule has 1 aliphatic rings. The molecule has 1 saturated heterocycles. The van der Waals surface area contributed by atoms with Crippen LogP contribution in [0.1, 0.15) is 24.5 Å². The van der Waals surface area contributed by atoms with E-state index >= 15 is 0 Å². The summed E-state index contributed by atoms with van der Waals surface area (Å²) in [5.74, 6) is -0.594. The molecule has 0 radical (unpaired) electrons. The first-order chi connectivity index (χ1) is 11.8. The predicted molar refractivity (Wildman–Crippen MR) is 91.1 cm³/mol. The number of hydrogen-bond donors (Lipinski definition) is 1. The van der Waals surface area contributed by atoms with Crippen LogP contribution in [0, 0.1) is 13.8 Å². The van der Waals surface area contributed by atoms with E-state index < -0.39 is 18.1 Å². The van der Waals surface area contributed by atoms with Gasteiger partial charge < -0.3 is 19.7 Å². The Balaban J connectivity index is 2.14. The number of methoxy groups -OCH3 is 1. The van der Waals surface area contributed by atoms with Gasteiger partial charge in [0.1, 0.15) is 11.8 Å². The number of nitrogens with one attached hydrogen (secondary N) is 1. The predicted octanol–water partition coefficient (Wildman–Crippen LogP) is 0.961. The molecule has 0 unspecified atom stereocenters. The Morgan fingerprint density at radius 1 is 1.36 bits per heavy atom.